The average molecular weight is 335 g/mol. The summed E-state index contributed by atoms with van der Waals surface area (Å²) in [7, 11) is 0. The van der Waals surface area contributed by atoms with E-state index in [2.05, 4.69) is 48.7 Å². The molecule has 0 N–H and O–H groups in total. The lowest BCUT2D eigenvalue weighted by molar-refractivity contribution is 0.112. The molecule has 0 aliphatic heterocycles. The molecular formula is C22H25NO2. The molecule has 25 heavy (non-hydrogen) atoms. The van der Waals surface area contributed by atoms with E-state index in [1.165, 1.54) is 5.56 Å². The normalized spacial score (nSPS) is 11.2. The molecule has 2 aromatic carbocycles. The largest absolute Gasteiger partial charge is 0.493 e. The quantitative estimate of drug-likeness (QED) is 0.566. The topological polar surface area (TPSA) is 31.2 Å². The smallest absolute Gasteiger partial charge is 0.152 e. The molecular weight excluding hydrogens is 310 g/mol. The standard InChI is InChI=1S/C22H25NO2/c1-16(2)15-25-19-9-10-22-20(13-19)21(14-24)17(3)23(22)12-11-18-7-5-4-6-8-18/h4-10,13-14,16H,11-12,15H2,1-3H3. The number of hydrogen-bond donors (Lipinski definition) is 0. The molecule has 0 amide bonds. The van der Waals surface area contributed by atoms with Gasteiger partial charge >= 0.3 is 0 Å². The maximum Gasteiger partial charge on any atom is 0.152 e. The molecule has 0 bridgehead atoms. The van der Waals surface area contributed by atoms with Crippen molar-refractivity contribution in [3.8, 4) is 5.75 Å². The average Bonchev–Trinajstić information content (AvgIpc) is 2.89. The summed E-state index contributed by atoms with van der Waals surface area (Å²) in [5, 5.41) is 0.974. The summed E-state index contributed by atoms with van der Waals surface area (Å²) in [6.45, 7) is 7.80. The van der Waals surface area contributed by atoms with E-state index in [1.54, 1.807) is 0 Å². The van der Waals surface area contributed by atoms with Crippen LogP contribution in [0.3, 0.4) is 0 Å². The molecule has 0 spiro atoms. The third-order valence-electron chi connectivity index (χ3n) is 4.51. The van der Waals surface area contributed by atoms with Gasteiger partial charge in [-0.15, -0.1) is 0 Å². The van der Waals surface area contributed by atoms with Gasteiger partial charge in [-0.25, -0.2) is 0 Å². The first kappa shape index (κ1) is 17.3. The van der Waals surface area contributed by atoms with Crippen LogP contribution >= 0.6 is 0 Å². The Balaban J connectivity index is 1.92. The monoisotopic (exact) mass is 335 g/mol. The van der Waals surface area contributed by atoms with Gasteiger partial charge in [0.1, 0.15) is 5.75 Å². The molecule has 3 nitrogen and oxygen atoms in total. The van der Waals surface area contributed by atoms with Crippen LogP contribution in [0.4, 0.5) is 0 Å². The Morgan fingerprint density at radius 3 is 2.56 bits per heavy atom. The summed E-state index contributed by atoms with van der Waals surface area (Å²) < 4.78 is 8.06. The molecule has 130 valence electrons. The highest BCUT2D eigenvalue weighted by Crippen LogP contribution is 2.29. The summed E-state index contributed by atoms with van der Waals surface area (Å²) >= 11 is 0. The van der Waals surface area contributed by atoms with Gasteiger partial charge in [-0.2, -0.15) is 0 Å². The van der Waals surface area contributed by atoms with Gasteiger partial charge in [0, 0.05) is 28.7 Å². The lowest BCUT2D eigenvalue weighted by atomic mass is 10.1. The van der Waals surface area contributed by atoms with E-state index in [4.69, 9.17) is 4.74 Å². The number of aldehydes is 1. The fourth-order valence-electron chi connectivity index (χ4n) is 3.16. The minimum absolute atomic E-state index is 0.471. The highest BCUT2D eigenvalue weighted by molar-refractivity contribution is 6.00. The van der Waals surface area contributed by atoms with Crippen LogP contribution in [0, 0.1) is 12.8 Å². The Morgan fingerprint density at radius 1 is 1.12 bits per heavy atom. The third-order valence-corrected chi connectivity index (χ3v) is 4.51. The molecule has 0 atom stereocenters. The second-order valence-electron chi connectivity index (χ2n) is 6.89. The zero-order valence-corrected chi connectivity index (χ0v) is 15.2. The van der Waals surface area contributed by atoms with Crippen molar-refractivity contribution in [3.05, 3.63) is 65.4 Å². The Kier molecular flexibility index (Phi) is 5.22. The van der Waals surface area contributed by atoms with Crippen LogP contribution < -0.4 is 4.74 Å². The van der Waals surface area contributed by atoms with Gasteiger partial charge in [0.2, 0.25) is 0 Å². The number of carbonyl (C=O) groups is 1. The fraction of sp³-hybridized carbons (Fsp3) is 0.318. The van der Waals surface area contributed by atoms with Gasteiger partial charge in [-0.3, -0.25) is 4.79 Å². The summed E-state index contributed by atoms with van der Waals surface area (Å²) in [6, 6.07) is 16.5. The zero-order valence-electron chi connectivity index (χ0n) is 15.2. The van der Waals surface area contributed by atoms with E-state index < -0.39 is 0 Å². The van der Waals surface area contributed by atoms with Crippen molar-refractivity contribution in [2.75, 3.05) is 6.61 Å². The summed E-state index contributed by atoms with van der Waals surface area (Å²) in [4.78, 5) is 11.7. The summed E-state index contributed by atoms with van der Waals surface area (Å²) in [5.74, 6) is 1.29. The highest BCUT2D eigenvalue weighted by Gasteiger charge is 2.14. The molecule has 3 aromatic rings. The van der Waals surface area contributed by atoms with Crippen molar-refractivity contribution in [2.24, 2.45) is 5.92 Å². The lowest BCUT2D eigenvalue weighted by Crippen LogP contribution is -2.05. The molecule has 1 heterocycles. The van der Waals surface area contributed by atoms with Crippen molar-refractivity contribution in [1.29, 1.82) is 0 Å². The maximum atomic E-state index is 11.7. The predicted molar refractivity (Wildman–Crippen MR) is 103 cm³/mol. The van der Waals surface area contributed by atoms with Crippen molar-refractivity contribution < 1.29 is 9.53 Å². The zero-order chi connectivity index (χ0) is 17.8. The van der Waals surface area contributed by atoms with Crippen molar-refractivity contribution in [3.63, 3.8) is 0 Å². The Bertz CT molecular complexity index is 863. The SMILES string of the molecule is Cc1c(C=O)c2cc(OCC(C)C)ccc2n1CCc1ccccc1. The number of aryl methyl sites for hydroxylation is 2. The molecule has 0 radical (unpaired) electrons. The Morgan fingerprint density at radius 2 is 1.88 bits per heavy atom. The number of hydrogen-bond acceptors (Lipinski definition) is 2. The van der Waals surface area contributed by atoms with E-state index in [-0.39, 0.29) is 0 Å². The minimum Gasteiger partial charge on any atom is -0.493 e. The van der Waals surface area contributed by atoms with Gasteiger partial charge in [0.15, 0.2) is 6.29 Å². The van der Waals surface area contributed by atoms with Crippen LogP contribution in [0.5, 0.6) is 5.75 Å². The molecule has 1 aromatic heterocycles. The number of fused-ring (bicyclic) bond motifs is 1. The number of nitrogens with zero attached hydrogens (tertiary/aromatic N) is 1. The maximum absolute atomic E-state index is 11.7. The Hall–Kier alpha value is -2.55. The molecule has 3 heteroatoms. The van der Waals surface area contributed by atoms with E-state index in [9.17, 15) is 4.79 Å². The molecule has 0 fully saturated rings. The first-order chi connectivity index (χ1) is 12.1. The molecule has 0 aliphatic carbocycles. The molecule has 0 saturated carbocycles. The van der Waals surface area contributed by atoms with Crippen LogP contribution in [0.1, 0.15) is 35.5 Å². The molecule has 3 rings (SSSR count). The summed E-state index contributed by atoms with van der Waals surface area (Å²) in [5.41, 5.74) is 4.17. The van der Waals surface area contributed by atoms with Crippen LogP contribution in [0.2, 0.25) is 0 Å². The number of benzene rings is 2. The van der Waals surface area contributed by atoms with Crippen LogP contribution in [0.25, 0.3) is 10.9 Å². The minimum atomic E-state index is 0.471. The molecule has 0 unspecified atom stereocenters. The van der Waals surface area contributed by atoms with E-state index in [0.29, 0.717) is 12.5 Å². The van der Waals surface area contributed by atoms with E-state index in [1.807, 2.05) is 25.1 Å². The van der Waals surface area contributed by atoms with Gasteiger partial charge < -0.3 is 9.30 Å². The van der Waals surface area contributed by atoms with Gasteiger partial charge in [0.05, 0.1) is 6.61 Å². The van der Waals surface area contributed by atoms with Crippen LogP contribution in [-0.2, 0) is 13.0 Å². The van der Waals surface area contributed by atoms with Gasteiger partial charge in [-0.05, 0) is 43.0 Å². The molecule has 0 aliphatic rings. The van der Waals surface area contributed by atoms with Crippen molar-refractivity contribution in [1.82, 2.24) is 4.57 Å². The first-order valence-electron chi connectivity index (χ1n) is 8.85. The second-order valence-corrected chi connectivity index (χ2v) is 6.89. The fourth-order valence-corrected chi connectivity index (χ4v) is 3.16. The predicted octanol–water partition coefficient (Wildman–Crippen LogP) is 5.04. The third kappa shape index (κ3) is 3.76. The van der Waals surface area contributed by atoms with Crippen molar-refractivity contribution in [2.45, 2.75) is 33.7 Å². The number of carbonyl (C=O) groups excluding carboxylic acids is 1. The number of aromatic nitrogens is 1. The number of rotatable bonds is 7. The lowest BCUT2D eigenvalue weighted by Gasteiger charge is -2.10. The van der Waals surface area contributed by atoms with Crippen LogP contribution in [0.15, 0.2) is 48.5 Å². The highest BCUT2D eigenvalue weighted by atomic mass is 16.5. The van der Waals surface area contributed by atoms with E-state index >= 15 is 0 Å². The van der Waals surface area contributed by atoms with E-state index in [0.717, 1.165) is 47.2 Å². The molecule has 0 saturated heterocycles. The van der Waals surface area contributed by atoms with Gasteiger partial charge in [0.25, 0.3) is 0 Å². The van der Waals surface area contributed by atoms with Crippen molar-refractivity contribution >= 4 is 17.2 Å². The first-order valence-corrected chi connectivity index (χ1v) is 8.85. The Labute approximate surface area is 149 Å². The summed E-state index contributed by atoms with van der Waals surface area (Å²) in [6.07, 6.45) is 1.90. The van der Waals surface area contributed by atoms with Crippen LogP contribution in [-0.4, -0.2) is 17.5 Å². The number of ether oxygens (including phenoxy) is 1. The second kappa shape index (κ2) is 7.56. The van der Waals surface area contributed by atoms with Gasteiger partial charge in [-0.1, -0.05) is 44.2 Å².